The molecule has 35 heavy (non-hydrogen) atoms. The Morgan fingerprint density at radius 1 is 0.514 bits per heavy atom. The molecule has 3 aromatic heterocycles. The van der Waals surface area contributed by atoms with E-state index in [1.165, 1.54) is 31.3 Å². The van der Waals surface area contributed by atoms with Gasteiger partial charge in [-0.1, -0.05) is 84.9 Å². The molecule has 3 heterocycles. The summed E-state index contributed by atoms with van der Waals surface area (Å²) < 4.78 is 2.63. The molecule has 7 rings (SSSR count). The van der Waals surface area contributed by atoms with Crippen molar-refractivity contribution in [1.82, 2.24) is 15.0 Å². The quantitative estimate of drug-likeness (QED) is 0.263. The average Bonchev–Trinajstić information content (AvgIpc) is 3.32. The Balaban J connectivity index is 1.40. The molecule has 0 saturated heterocycles. The van der Waals surface area contributed by atoms with Gasteiger partial charge >= 0.3 is 0 Å². The highest BCUT2D eigenvalue weighted by Crippen LogP contribution is 2.40. The van der Waals surface area contributed by atoms with Gasteiger partial charge in [-0.2, -0.15) is 0 Å². The van der Waals surface area contributed by atoms with Gasteiger partial charge < -0.3 is 0 Å². The summed E-state index contributed by atoms with van der Waals surface area (Å²) in [5, 5.41) is 2.64. The topological polar surface area (TPSA) is 38.7 Å². The third-order valence-corrected chi connectivity index (χ3v) is 7.52. The zero-order chi connectivity index (χ0) is 23.2. The van der Waals surface area contributed by atoms with E-state index in [0.29, 0.717) is 0 Å². The molecule has 0 atom stereocenters. The summed E-state index contributed by atoms with van der Waals surface area (Å²) in [6, 6.07) is 36.1. The molecule has 164 valence electrons. The lowest BCUT2D eigenvalue weighted by Gasteiger charge is -2.11. The van der Waals surface area contributed by atoms with Crippen LogP contribution >= 0.6 is 11.3 Å². The highest BCUT2D eigenvalue weighted by atomic mass is 32.1. The van der Waals surface area contributed by atoms with Gasteiger partial charge in [0.15, 0.2) is 0 Å². The zero-order valence-corrected chi connectivity index (χ0v) is 19.5. The van der Waals surface area contributed by atoms with Crippen molar-refractivity contribution in [3.8, 4) is 33.6 Å². The van der Waals surface area contributed by atoms with Crippen LogP contribution in [-0.4, -0.2) is 15.0 Å². The number of thiophene rings is 1. The number of benzene rings is 4. The van der Waals surface area contributed by atoms with Crippen molar-refractivity contribution < 1.29 is 0 Å². The first-order chi connectivity index (χ1) is 17.3. The minimum absolute atomic E-state index is 0.794. The highest BCUT2D eigenvalue weighted by molar-refractivity contribution is 7.25. The van der Waals surface area contributed by atoms with Gasteiger partial charge in [-0.05, 0) is 29.3 Å². The fourth-order valence-electron chi connectivity index (χ4n) is 4.73. The summed E-state index contributed by atoms with van der Waals surface area (Å²) in [4.78, 5) is 14.2. The normalized spacial score (nSPS) is 11.4. The molecule has 0 N–H and O–H groups in total. The third-order valence-electron chi connectivity index (χ3n) is 6.39. The number of pyridine rings is 1. The number of nitrogens with zero attached hydrogens (tertiary/aromatic N) is 3. The van der Waals surface area contributed by atoms with Crippen molar-refractivity contribution >= 4 is 42.5 Å². The SMILES string of the molecule is c1ccc(-c2nc3cnccc3nc2-c2ccc(-c3cccc4sc5ccccc5c34)cc2)cc1. The summed E-state index contributed by atoms with van der Waals surface area (Å²) in [5.74, 6) is 0. The zero-order valence-electron chi connectivity index (χ0n) is 18.7. The minimum atomic E-state index is 0.794. The maximum absolute atomic E-state index is 5.01. The van der Waals surface area contributed by atoms with Crippen LogP contribution in [-0.2, 0) is 0 Å². The molecular weight excluding hydrogens is 446 g/mol. The van der Waals surface area contributed by atoms with E-state index < -0.39 is 0 Å². The standard InChI is InChI=1S/C31H19N3S/c1-2-7-21(8-3-1)30-31(33-25-17-18-32-19-26(25)34-30)22-15-13-20(14-16-22)23-10-6-12-28-29(23)24-9-4-5-11-27(24)35-28/h1-19H. The molecule has 0 fully saturated rings. The molecule has 7 aromatic rings. The van der Waals surface area contributed by atoms with Crippen LogP contribution in [0.4, 0.5) is 0 Å². The average molecular weight is 466 g/mol. The van der Waals surface area contributed by atoms with Crippen LogP contribution in [0, 0.1) is 0 Å². The van der Waals surface area contributed by atoms with Gasteiger partial charge in [0.2, 0.25) is 0 Å². The Bertz CT molecular complexity index is 1840. The summed E-state index contributed by atoms with van der Waals surface area (Å²) in [6.07, 6.45) is 3.53. The second-order valence-electron chi connectivity index (χ2n) is 8.51. The van der Waals surface area contributed by atoms with E-state index in [1.807, 2.05) is 35.6 Å². The van der Waals surface area contributed by atoms with E-state index in [2.05, 4.69) is 83.8 Å². The van der Waals surface area contributed by atoms with Crippen molar-refractivity contribution in [3.63, 3.8) is 0 Å². The Morgan fingerprint density at radius 3 is 2.06 bits per heavy atom. The number of hydrogen-bond donors (Lipinski definition) is 0. The maximum Gasteiger partial charge on any atom is 0.108 e. The molecule has 4 aromatic carbocycles. The van der Waals surface area contributed by atoms with E-state index in [1.54, 1.807) is 12.4 Å². The molecular formula is C31H19N3S. The minimum Gasteiger partial charge on any atom is -0.262 e. The molecule has 4 heteroatoms. The lowest BCUT2D eigenvalue weighted by atomic mass is 9.97. The third kappa shape index (κ3) is 3.38. The lowest BCUT2D eigenvalue weighted by Crippen LogP contribution is -1.96. The summed E-state index contributed by atoms with van der Waals surface area (Å²) >= 11 is 1.85. The van der Waals surface area contributed by atoms with E-state index in [0.717, 1.165) is 33.5 Å². The molecule has 3 nitrogen and oxygen atoms in total. The molecule has 0 bridgehead atoms. The summed E-state index contributed by atoms with van der Waals surface area (Å²) in [7, 11) is 0. The molecule has 0 aliphatic heterocycles. The Morgan fingerprint density at radius 2 is 1.20 bits per heavy atom. The second kappa shape index (κ2) is 8.12. The maximum atomic E-state index is 5.01. The molecule has 0 aliphatic carbocycles. The fourth-order valence-corrected chi connectivity index (χ4v) is 5.86. The largest absolute Gasteiger partial charge is 0.262 e. The first kappa shape index (κ1) is 20.0. The van der Waals surface area contributed by atoms with Crippen molar-refractivity contribution in [3.05, 3.63) is 116 Å². The van der Waals surface area contributed by atoms with Crippen LogP contribution in [0.3, 0.4) is 0 Å². The van der Waals surface area contributed by atoms with Gasteiger partial charge in [0, 0.05) is 37.5 Å². The number of hydrogen-bond acceptors (Lipinski definition) is 4. The van der Waals surface area contributed by atoms with E-state index in [9.17, 15) is 0 Å². The number of aromatic nitrogens is 3. The van der Waals surface area contributed by atoms with Gasteiger partial charge in [-0.15, -0.1) is 11.3 Å². The van der Waals surface area contributed by atoms with E-state index >= 15 is 0 Å². The van der Waals surface area contributed by atoms with Crippen LogP contribution < -0.4 is 0 Å². The number of rotatable bonds is 3. The van der Waals surface area contributed by atoms with Crippen molar-refractivity contribution in [2.75, 3.05) is 0 Å². The van der Waals surface area contributed by atoms with Crippen LogP contribution in [0.2, 0.25) is 0 Å². The lowest BCUT2D eigenvalue weighted by molar-refractivity contribution is 1.25. The number of fused-ring (bicyclic) bond motifs is 4. The summed E-state index contributed by atoms with van der Waals surface area (Å²) in [5.41, 5.74) is 7.91. The first-order valence-electron chi connectivity index (χ1n) is 11.5. The predicted octanol–water partition coefficient (Wildman–Crippen LogP) is 8.39. The second-order valence-corrected chi connectivity index (χ2v) is 9.59. The van der Waals surface area contributed by atoms with Gasteiger partial charge in [0.25, 0.3) is 0 Å². The van der Waals surface area contributed by atoms with Gasteiger partial charge in [0.1, 0.15) is 5.52 Å². The van der Waals surface area contributed by atoms with Crippen molar-refractivity contribution in [2.45, 2.75) is 0 Å². The van der Waals surface area contributed by atoms with Crippen molar-refractivity contribution in [1.29, 1.82) is 0 Å². The molecule has 0 aliphatic rings. The molecule has 0 radical (unpaired) electrons. The molecule has 0 unspecified atom stereocenters. The van der Waals surface area contributed by atoms with Crippen LogP contribution in [0.15, 0.2) is 116 Å². The Labute approximate surface area is 206 Å². The van der Waals surface area contributed by atoms with E-state index in [-0.39, 0.29) is 0 Å². The molecule has 0 amide bonds. The fraction of sp³-hybridized carbons (Fsp3) is 0. The Hall–Kier alpha value is -4.41. The predicted molar refractivity (Wildman–Crippen MR) is 147 cm³/mol. The van der Waals surface area contributed by atoms with Crippen LogP contribution in [0.5, 0.6) is 0 Å². The van der Waals surface area contributed by atoms with Gasteiger partial charge in [0.05, 0.1) is 23.1 Å². The van der Waals surface area contributed by atoms with Gasteiger partial charge in [-0.3, -0.25) is 4.98 Å². The monoisotopic (exact) mass is 465 g/mol. The van der Waals surface area contributed by atoms with E-state index in [4.69, 9.17) is 9.97 Å². The summed E-state index contributed by atoms with van der Waals surface area (Å²) in [6.45, 7) is 0. The smallest absolute Gasteiger partial charge is 0.108 e. The van der Waals surface area contributed by atoms with Crippen LogP contribution in [0.1, 0.15) is 0 Å². The van der Waals surface area contributed by atoms with Crippen LogP contribution in [0.25, 0.3) is 64.8 Å². The highest BCUT2D eigenvalue weighted by Gasteiger charge is 2.15. The van der Waals surface area contributed by atoms with Crippen molar-refractivity contribution in [2.24, 2.45) is 0 Å². The van der Waals surface area contributed by atoms with Gasteiger partial charge in [-0.25, -0.2) is 9.97 Å². The molecule has 0 spiro atoms. The Kier molecular flexibility index (Phi) is 4.64. The molecule has 0 saturated carbocycles. The first-order valence-corrected chi connectivity index (χ1v) is 12.3.